The molecular formula is C12H16N2O3S. The van der Waals surface area contributed by atoms with E-state index in [4.69, 9.17) is 5.73 Å². The van der Waals surface area contributed by atoms with Crippen molar-refractivity contribution in [3.8, 4) is 0 Å². The van der Waals surface area contributed by atoms with Crippen molar-refractivity contribution in [3.63, 3.8) is 0 Å². The highest BCUT2D eigenvalue weighted by Crippen LogP contribution is 2.23. The summed E-state index contributed by atoms with van der Waals surface area (Å²) < 4.78 is 26.0. The third-order valence-corrected chi connectivity index (χ3v) is 5.15. The summed E-state index contributed by atoms with van der Waals surface area (Å²) in [7, 11) is -3.43. The van der Waals surface area contributed by atoms with Crippen LogP contribution < -0.4 is 5.73 Å². The molecule has 1 fully saturated rings. The second-order valence-electron chi connectivity index (χ2n) is 4.39. The molecule has 1 aliphatic heterocycles. The number of benzene rings is 1. The van der Waals surface area contributed by atoms with Gasteiger partial charge in [0.15, 0.2) is 0 Å². The first-order valence-corrected chi connectivity index (χ1v) is 7.30. The normalized spacial score (nSPS) is 18.7. The molecule has 1 amide bonds. The van der Waals surface area contributed by atoms with E-state index >= 15 is 0 Å². The van der Waals surface area contributed by atoms with Crippen LogP contribution in [0.4, 0.5) is 0 Å². The molecule has 0 spiro atoms. The Labute approximate surface area is 107 Å². The van der Waals surface area contributed by atoms with Gasteiger partial charge in [0.05, 0.1) is 4.90 Å². The molecule has 1 saturated heterocycles. The van der Waals surface area contributed by atoms with Crippen molar-refractivity contribution in [1.29, 1.82) is 0 Å². The molecule has 98 valence electrons. The predicted molar refractivity (Wildman–Crippen MR) is 67.1 cm³/mol. The number of hydrogen-bond donors (Lipinski definition) is 1. The molecule has 5 nitrogen and oxygen atoms in total. The van der Waals surface area contributed by atoms with Gasteiger partial charge in [0, 0.05) is 19.0 Å². The van der Waals surface area contributed by atoms with E-state index in [9.17, 15) is 13.2 Å². The summed E-state index contributed by atoms with van der Waals surface area (Å²) in [4.78, 5) is 11.3. The lowest BCUT2D eigenvalue weighted by molar-refractivity contribution is -0.122. The van der Waals surface area contributed by atoms with Crippen LogP contribution in [0.2, 0.25) is 0 Å². The van der Waals surface area contributed by atoms with Gasteiger partial charge in [-0.3, -0.25) is 4.79 Å². The van der Waals surface area contributed by atoms with Crippen molar-refractivity contribution in [2.45, 2.75) is 17.7 Å². The zero-order valence-corrected chi connectivity index (χ0v) is 10.8. The number of carbonyl (C=O) groups excluding carboxylic acids is 1. The van der Waals surface area contributed by atoms with Gasteiger partial charge in [-0.05, 0) is 25.0 Å². The van der Waals surface area contributed by atoms with Crippen LogP contribution in [-0.4, -0.2) is 31.7 Å². The van der Waals surface area contributed by atoms with Crippen molar-refractivity contribution in [1.82, 2.24) is 4.31 Å². The molecule has 1 heterocycles. The Bertz CT molecular complexity index is 520. The van der Waals surface area contributed by atoms with Crippen LogP contribution in [0.25, 0.3) is 0 Å². The number of amides is 1. The predicted octanol–water partition coefficient (Wildman–Crippen LogP) is 0.573. The van der Waals surface area contributed by atoms with Crippen molar-refractivity contribution in [2.24, 2.45) is 11.7 Å². The molecular weight excluding hydrogens is 252 g/mol. The molecule has 6 heteroatoms. The van der Waals surface area contributed by atoms with Gasteiger partial charge in [0.25, 0.3) is 0 Å². The Morgan fingerprint density at radius 3 is 2.22 bits per heavy atom. The van der Waals surface area contributed by atoms with E-state index in [1.54, 1.807) is 30.3 Å². The lowest BCUT2D eigenvalue weighted by Gasteiger charge is -2.29. The minimum Gasteiger partial charge on any atom is -0.369 e. The zero-order valence-electron chi connectivity index (χ0n) is 9.95. The first kappa shape index (κ1) is 13.0. The highest BCUT2D eigenvalue weighted by molar-refractivity contribution is 7.89. The Kier molecular flexibility index (Phi) is 3.68. The summed E-state index contributed by atoms with van der Waals surface area (Å²) in [6.07, 6.45) is 1.00. The first-order valence-electron chi connectivity index (χ1n) is 5.86. The van der Waals surface area contributed by atoms with E-state index in [-0.39, 0.29) is 11.8 Å². The lowest BCUT2D eigenvalue weighted by atomic mass is 9.98. The van der Waals surface area contributed by atoms with Gasteiger partial charge in [-0.15, -0.1) is 0 Å². The third kappa shape index (κ3) is 2.54. The quantitative estimate of drug-likeness (QED) is 0.870. The molecule has 1 aromatic carbocycles. The van der Waals surface area contributed by atoms with Gasteiger partial charge in [0.2, 0.25) is 15.9 Å². The number of carbonyl (C=O) groups is 1. The average Bonchev–Trinajstić information content (AvgIpc) is 2.40. The number of piperidine rings is 1. The molecule has 0 atom stereocenters. The molecule has 0 radical (unpaired) electrons. The fourth-order valence-electron chi connectivity index (χ4n) is 2.12. The maximum Gasteiger partial charge on any atom is 0.243 e. The van der Waals surface area contributed by atoms with Crippen molar-refractivity contribution in [3.05, 3.63) is 30.3 Å². The minimum atomic E-state index is -3.43. The molecule has 18 heavy (non-hydrogen) atoms. The van der Waals surface area contributed by atoms with E-state index in [0.29, 0.717) is 30.8 Å². The first-order chi connectivity index (χ1) is 8.51. The molecule has 2 N–H and O–H groups in total. The van der Waals surface area contributed by atoms with E-state index in [2.05, 4.69) is 0 Å². The Balaban J connectivity index is 2.12. The van der Waals surface area contributed by atoms with Crippen LogP contribution in [0, 0.1) is 5.92 Å². The monoisotopic (exact) mass is 268 g/mol. The number of rotatable bonds is 3. The van der Waals surface area contributed by atoms with Gasteiger partial charge in [0.1, 0.15) is 0 Å². The minimum absolute atomic E-state index is 0.202. The fourth-order valence-corrected chi connectivity index (χ4v) is 3.61. The van der Waals surface area contributed by atoms with Gasteiger partial charge < -0.3 is 5.73 Å². The Morgan fingerprint density at radius 1 is 1.17 bits per heavy atom. The van der Waals surface area contributed by atoms with Crippen molar-refractivity contribution < 1.29 is 13.2 Å². The molecule has 2 rings (SSSR count). The zero-order chi connectivity index (χ0) is 13.2. The van der Waals surface area contributed by atoms with Crippen LogP contribution in [0.5, 0.6) is 0 Å². The molecule has 0 bridgehead atoms. The fraction of sp³-hybridized carbons (Fsp3) is 0.417. The lowest BCUT2D eigenvalue weighted by Crippen LogP contribution is -2.41. The van der Waals surface area contributed by atoms with Gasteiger partial charge in [-0.1, -0.05) is 18.2 Å². The van der Waals surface area contributed by atoms with Crippen LogP contribution in [0.3, 0.4) is 0 Å². The summed E-state index contributed by atoms with van der Waals surface area (Å²) in [5, 5.41) is 0. The number of primary amides is 1. The highest BCUT2D eigenvalue weighted by Gasteiger charge is 2.30. The maximum absolute atomic E-state index is 12.3. The Morgan fingerprint density at radius 2 is 1.72 bits per heavy atom. The second kappa shape index (κ2) is 5.07. The summed E-state index contributed by atoms with van der Waals surface area (Å²) in [5.74, 6) is -0.543. The number of hydrogen-bond acceptors (Lipinski definition) is 3. The standard InChI is InChI=1S/C12H16N2O3S/c13-12(15)10-6-8-14(9-7-10)18(16,17)11-4-2-1-3-5-11/h1-5,10H,6-9H2,(H2,13,15). The van der Waals surface area contributed by atoms with Gasteiger partial charge >= 0.3 is 0 Å². The van der Waals surface area contributed by atoms with E-state index < -0.39 is 10.0 Å². The smallest absolute Gasteiger partial charge is 0.243 e. The van der Waals surface area contributed by atoms with Crippen LogP contribution in [0.15, 0.2) is 35.2 Å². The molecule has 0 aliphatic carbocycles. The largest absolute Gasteiger partial charge is 0.369 e. The van der Waals surface area contributed by atoms with Gasteiger partial charge in [-0.2, -0.15) is 4.31 Å². The SMILES string of the molecule is NC(=O)C1CCN(S(=O)(=O)c2ccccc2)CC1. The second-order valence-corrected chi connectivity index (χ2v) is 6.33. The van der Waals surface area contributed by atoms with Gasteiger partial charge in [-0.25, -0.2) is 8.42 Å². The Hall–Kier alpha value is -1.40. The van der Waals surface area contributed by atoms with Crippen molar-refractivity contribution in [2.75, 3.05) is 13.1 Å². The van der Waals surface area contributed by atoms with E-state index in [1.807, 2.05) is 0 Å². The van der Waals surface area contributed by atoms with E-state index in [0.717, 1.165) is 0 Å². The van der Waals surface area contributed by atoms with Crippen molar-refractivity contribution >= 4 is 15.9 Å². The number of nitrogens with two attached hydrogens (primary N) is 1. The summed E-state index contributed by atoms with van der Waals surface area (Å²) >= 11 is 0. The third-order valence-electron chi connectivity index (χ3n) is 3.24. The van der Waals surface area contributed by atoms with Crippen LogP contribution in [0.1, 0.15) is 12.8 Å². The van der Waals surface area contributed by atoms with E-state index in [1.165, 1.54) is 4.31 Å². The maximum atomic E-state index is 12.3. The number of sulfonamides is 1. The topological polar surface area (TPSA) is 80.5 Å². The molecule has 1 aliphatic rings. The molecule has 0 aromatic heterocycles. The highest BCUT2D eigenvalue weighted by atomic mass is 32.2. The van der Waals surface area contributed by atoms with Crippen LogP contribution in [-0.2, 0) is 14.8 Å². The summed E-state index contributed by atoms with van der Waals surface area (Å²) in [6, 6.07) is 8.33. The molecule has 0 saturated carbocycles. The molecule has 1 aromatic rings. The average molecular weight is 268 g/mol. The summed E-state index contributed by atoms with van der Waals surface area (Å²) in [5.41, 5.74) is 5.23. The summed E-state index contributed by atoms with van der Waals surface area (Å²) in [6.45, 7) is 0.704. The molecule has 0 unspecified atom stereocenters. The number of nitrogens with zero attached hydrogens (tertiary/aromatic N) is 1. The van der Waals surface area contributed by atoms with Crippen LogP contribution >= 0.6 is 0 Å².